The van der Waals surface area contributed by atoms with E-state index < -0.39 is 10.0 Å². The smallest absolute Gasteiger partial charge is 0.278 e. The zero-order chi connectivity index (χ0) is 13.5. The molecule has 3 rings (SSSR count). The molecule has 2 fully saturated rings. The first-order valence-corrected chi connectivity index (χ1v) is 8.16. The average molecular weight is 285 g/mol. The average Bonchev–Trinajstić information content (AvgIpc) is 3.10. The minimum absolute atomic E-state index is 0.00630. The summed E-state index contributed by atoms with van der Waals surface area (Å²) < 4.78 is 26.4. The summed E-state index contributed by atoms with van der Waals surface area (Å²) >= 11 is 0. The Balaban J connectivity index is 1.80. The molecule has 0 saturated carbocycles. The number of nitrogens with zero attached hydrogens (tertiary/aromatic N) is 4. The van der Waals surface area contributed by atoms with E-state index >= 15 is 0 Å². The molecule has 1 N–H and O–H groups in total. The van der Waals surface area contributed by atoms with E-state index in [-0.39, 0.29) is 11.2 Å². The van der Waals surface area contributed by atoms with Gasteiger partial charge in [0.05, 0.1) is 0 Å². The van der Waals surface area contributed by atoms with Crippen LogP contribution in [0.4, 0.5) is 0 Å². The zero-order valence-electron chi connectivity index (χ0n) is 11.0. The summed E-state index contributed by atoms with van der Waals surface area (Å²) in [5.41, 5.74) is 0. The number of likely N-dealkylation sites (tertiary alicyclic amines) is 1. The van der Waals surface area contributed by atoms with Gasteiger partial charge in [0, 0.05) is 18.6 Å². The first-order valence-electron chi connectivity index (χ1n) is 6.72. The third-order valence-corrected chi connectivity index (χ3v) is 6.03. The molecule has 8 heteroatoms. The van der Waals surface area contributed by atoms with Crippen molar-refractivity contribution in [3.8, 4) is 0 Å². The van der Waals surface area contributed by atoms with E-state index in [0.717, 1.165) is 19.5 Å². The number of hydrogen-bond donors (Lipinski definition) is 1. The Bertz CT molecular complexity index is 523. The summed E-state index contributed by atoms with van der Waals surface area (Å²) in [5, 5.41) is 6.03. The fourth-order valence-corrected chi connectivity index (χ4v) is 4.72. The maximum Gasteiger partial charge on any atom is 0.278 e. The van der Waals surface area contributed by atoms with E-state index in [1.54, 1.807) is 4.31 Å². The van der Waals surface area contributed by atoms with Gasteiger partial charge < -0.3 is 0 Å². The Labute approximate surface area is 113 Å². The number of rotatable bonds is 3. The molecule has 2 saturated heterocycles. The molecule has 3 heterocycles. The fraction of sp³-hybridized carbons (Fsp3) is 0.818. The van der Waals surface area contributed by atoms with Crippen molar-refractivity contribution in [3.05, 3.63) is 6.33 Å². The number of nitrogens with one attached hydrogen (secondary N) is 1. The van der Waals surface area contributed by atoms with Crippen molar-refractivity contribution in [2.75, 3.05) is 19.6 Å². The molecule has 106 valence electrons. The molecule has 0 aromatic carbocycles. The molecule has 2 aliphatic rings. The standard InChI is InChI=1S/C11H19N5O2S/c1-9-10(15-5-2-3-6-15)4-7-16(9)19(17,18)11-12-8-13-14-11/h8-10H,2-7H2,1H3,(H,12,13,14). The molecule has 0 radical (unpaired) electrons. The van der Waals surface area contributed by atoms with Crippen molar-refractivity contribution in [3.63, 3.8) is 0 Å². The molecule has 2 atom stereocenters. The van der Waals surface area contributed by atoms with Gasteiger partial charge in [0.2, 0.25) is 0 Å². The number of hydrogen-bond acceptors (Lipinski definition) is 5. The Morgan fingerprint density at radius 1 is 1.32 bits per heavy atom. The highest BCUT2D eigenvalue weighted by molar-refractivity contribution is 7.89. The van der Waals surface area contributed by atoms with Gasteiger partial charge in [-0.25, -0.2) is 18.5 Å². The minimum Gasteiger partial charge on any atom is -0.299 e. The first-order chi connectivity index (χ1) is 9.10. The second-order valence-electron chi connectivity index (χ2n) is 5.25. The van der Waals surface area contributed by atoms with Gasteiger partial charge in [-0.2, -0.15) is 9.40 Å². The normalized spacial score (nSPS) is 30.2. The molecular formula is C11H19N5O2S. The molecule has 2 unspecified atom stereocenters. The topological polar surface area (TPSA) is 82.2 Å². The van der Waals surface area contributed by atoms with Gasteiger partial charge in [-0.15, -0.1) is 0 Å². The van der Waals surface area contributed by atoms with Crippen LogP contribution in [-0.2, 0) is 10.0 Å². The number of sulfonamides is 1. The van der Waals surface area contributed by atoms with Gasteiger partial charge in [-0.3, -0.25) is 4.90 Å². The summed E-state index contributed by atoms with van der Waals surface area (Å²) in [4.78, 5) is 6.20. The van der Waals surface area contributed by atoms with Gasteiger partial charge >= 0.3 is 0 Å². The molecular weight excluding hydrogens is 266 g/mol. The SMILES string of the molecule is CC1C(N2CCCC2)CCN1S(=O)(=O)c1ncn[nH]1. The van der Waals surface area contributed by atoms with Crippen molar-refractivity contribution in [2.45, 2.75) is 43.4 Å². The summed E-state index contributed by atoms with van der Waals surface area (Å²) in [6.07, 6.45) is 4.57. The lowest BCUT2D eigenvalue weighted by Crippen LogP contribution is -2.44. The predicted molar refractivity (Wildman–Crippen MR) is 68.9 cm³/mol. The molecule has 0 bridgehead atoms. The van der Waals surface area contributed by atoms with Crippen LogP contribution in [0.5, 0.6) is 0 Å². The molecule has 1 aromatic heterocycles. The molecule has 2 aliphatic heterocycles. The second kappa shape index (κ2) is 4.84. The summed E-state index contributed by atoms with van der Waals surface area (Å²) in [7, 11) is -3.53. The lowest BCUT2D eigenvalue weighted by atomic mass is 10.1. The van der Waals surface area contributed by atoms with Crippen LogP contribution in [0.15, 0.2) is 11.5 Å². The highest BCUT2D eigenvalue weighted by Crippen LogP contribution is 2.29. The van der Waals surface area contributed by atoms with E-state index in [1.807, 2.05) is 6.92 Å². The molecule has 0 aliphatic carbocycles. The summed E-state index contributed by atoms with van der Waals surface area (Å²) in [6, 6.07) is 0.327. The van der Waals surface area contributed by atoms with Crippen molar-refractivity contribution in [2.24, 2.45) is 0 Å². The number of aromatic amines is 1. The van der Waals surface area contributed by atoms with E-state index in [4.69, 9.17) is 0 Å². The third-order valence-electron chi connectivity index (χ3n) is 4.21. The van der Waals surface area contributed by atoms with Crippen LogP contribution in [0.2, 0.25) is 0 Å². The maximum absolute atomic E-state index is 12.4. The third kappa shape index (κ3) is 2.17. The van der Waals surface area contributed by atoms with Crippen LogP contribution >= 0.6 is 0 Å². The monoisotopic (exact) mass is 285 g/mol. The Hall–Kier alpha value is -0.990. The van der Waals surface area contributed by atoms with E-state index in [1.165, 1.54) is 19.2 Å². The van der Waals surface area contributed by atoms with Gasteiger partial charge in [0.25, 0.3) is 15.2 Å². The molecule has 1 aromatic rings. The second-order valence-corrected chi connectivity index (χ2v) is 7.05. The first kappa shape index (κ1) is 13.0. The van der Waals surface area contributed by atoms with Crippen LogP contribution in [0.25, 0.3) is 0 Å². The maximum atomic E-state index is 12.4. The lowest BCUT2D eigenvalue weighted by molar-refractivity contribution is 0.210. The van der Waals surface area contributed by atoms with Crippen LogP contribution in [0, 0.1) is 0 Å². The Morgan fingerprint density at radius 2 is 2.05 bits per heavy atom. The Morgan fingerprint density at radius 3 is 2.68 bits per heavy atom. The van der Waals surface area contributed by atoms with Gasteiger partial charge in [-0.05, 0) is 39.3 Å². The van der Waals surface area contributed by atoms with Crippen molar-refractivity contribution in [1.29, 1.82) is 0 Å². The predicted octanol–water partition coefficient (Wildman–Crippen LogP) is 0.0520. The minimum atomic E-state index is -3.53. The van der Waals surface area contributed by atoms with E-state index in [0.29, 0.717) is 12.6 Å². The van der Waals surface area contributed by atoms with Crippen molar-refractivity contribution < 1.29 is 8.42 Å². The molecule has 19 heavy (non-hydrogen) atoms. The zero-order valence-corrected chi connectivity index (χ0v) is 11.8. The molecule has 0 amide bonds. The van der Waals surface area contributed by atoms with E-state index in [2.05, 4.69) is 20.1 Å². The summed E-state index contributed by atoms with van der Waals surface area (Å²) in [6.45, 7) is 4.73. The highest BCUT2D eigenvalue weighted by Gasteiger charge is 2.42. The lowest BCUT2D eigenvalue weighted by Gasteiger charge is -2.29. The van der Waals surface area contributed by atoms with Crippen LogP contribution < -0.4 is 0 Å². The Kier molecular flexibility index (Phi) is 3.32. The summed E-state index contributed by atoms with van der Waals surface area (Å²) in [5.74, 6) is 0. The van der Waals surface area contributed by atoms with E-state index in [9.17, 15) is 8.42 Å². The number of aromatic nitrogens is 3. The van der Waals surface area contributed by atoms with Crippen LogP contribution in [0.1, 0.15) is 26.2 Å². The molecule has 7 nitrogen and oxygen atoms in total. The highest BCUT2D eigenvalue weighted by atomic mass is 32.2. The quantitative estimate of drug-likeness (QED) is 0.848. The van der Waals surface area contributed by atoms with Crippen LogP contribution in [0.3, 0.4) is 0 Å². The largest absolute Gasteiger partial charge is 0.299 e. The van der Waals surface area contributed by atoms with Gasteiger partial charge in [-0.1, -0.05) is 0 Å². The van der Waals surface area contributed by atoms with Gasteiger partial charge in [0.1, 0.15) is 6.33 Å². The fourth-order valence-electron chi connectivity index (χ4n) is 3.23. The van der Waals surface area contributed by atoms with Crippen molar-refractivity contribution >= 4 is 10.0 Å². The molecule has 0 spiro atoms. The van der Waals surface area contributed by atoms with Gasteiger partial charge in [0.15, 0.2) is 0 Å². The van der Waals surface area contributed by atoms with Crippen LogP contribution in [-0.4, -0.2) is 64.5 Å². The van der Waals surface area contributed by atoms with Crippen molar-refractivity contribution in [1.82, 2.24) is 24.4 Å². The number of H-pyrrole nitrogens is 1.